The third kappa shape index (κ3) is 4.19. The summed E-state index contributed by atoms with van der Waals surface area (Å²) in [6.45, 7) is 1.75. The van der Waals surface area contributed by atoms with Crippen LogP contribution in [0.5, 0.6) is 0 Å². The van der Waals surface area contributed by atoms with Crippen molar-refractivity contribution in [3.63, 3.8) is 0 Å². The Hall–Kier alpha value is -0.770. The second-order valence-corrected chi connectivity index (χ2v) is 4.45. The van der Waals surface area contributed by atoms with Crippen molar-refractivity contribution in [1.29, 1.82) is 0 Å². The minimum Gasteiger partial charge on any atom is -0.350 e. The summed E-state index contributed by atoms with van der Waals surface area (Å²) in [5, 5.41) is 6.90. The average molecular weight is 275 g/mol. The minimum atomic E-state index is -0.0367. The van der Waals surface area contributed by atoms with E-state index in [1.807, 2.05) is 0 Å². The molecule has 0 spiro atoms. The van der Waals surface area contributed by atoms with E-state index in [2.05, 4.69) is 10.6 Å². The summed E-state index contributed by atoms with van der Waals surface area (Å²) >= 11 is 5.76. The predicted molar refractivity (Wildman–Crippen MR) is 72.1 cm³/mol. The van der Waals surface area contributed by atoms with Gasteiger partial charge in [0.1, 0.15) is 0 Å². The van der Waals surface area contributed by atoms with E-state index >= 15 is 0 Å². The monoisotopic (exact) mass is 274 g/mol. The van der Waals surface area contributed by atoms with Gasteiger partial charge < -0.3 is 10.6 Å². The molecule has 17 heavy (non-hydrogen) atoms. The van der Waals surface area contributed by atoms with Gasteiger partial charge in [0.2, 0.25) is 0 Å². The number of halogens is 2. The molecule has 2 N–H and O–H groups in total. The van der Waals surface area contributed by atoms with Crippen molar-refractivity contribution in [3.05, 3.63) is 34.9 Å². The van der Waals surface area contributed by atoms with E-state index in [9.17, 15) is 4.79 Å². The van der Waals surface area contributed by atoms with Crippen LogP contribution >= 0.6 is 24.0 Å². The van der Waals surface area contributed by atoms with Gasteiger partial charge in [0.05, 0.1) is 0 Å². The topological polar surface area (TPSA) is 41.1 Å². The van der Waals surface area contributed by atoms with Crippen LogP contribution in [0, 0.1) is 0 Å². The number of hydrogen-bond acceptors (Lipinski definition) is 2. The van der Waals surface area contributed by atoms with E-state index in [4.69, 9.17) is 11.6 Å². The highest BCUT2D eigenvalue weighted by Crippen LogP contribution is 2.09. The largest absolute Gasteiger partial charge is 0.350 e. The van der Waals surface area contributed by atoms with Crippen LogP contribution in [0.3, 0.4) is 0 Å². The molecule has 1 amide bonds. The molecule has 1 atom stereocenters. The number of nitrogens with one attached hydrogen (secondary N) is 2. The van der Waals surface area contributed by atoms with Gasteiger partial charge in [-0.25, -0.2) is 0 Å². The van der Waals surface area contributed by atoms with Crippen molar-refractivity contribution >= 4 is 29.9 Å². The van der Waals surface area contributed by atoms with Gasteiger partial charge in [0, 0.05) is 23.2 Å². The van der Waals surface area contributed by atoms with Crippen LogP contribution in [0.25, 0.3) is 0 Å². The van der Waals surface area contributed by atoms with Crippen LogP contribution in [-0.4, -0.2) is 25.0 Å². The van der Waals surface area contributed by atoms with E-state index in [-0.39, 0.29) is 18.3 Å². The van der Waals surface area contributed by atoms with Crippen molar-refractivity contribution in [2.75, 3.05) is 13.1 Å². The van der Waals surface area contributed by atoms with Crippen molar-refractivity contribution < 1.29 is 4.79 Å². The second kappa shape index (κ2) is 6.84. The maximum Gasteiger partial charge on any atom is 0.251 e. The summed E-state index contributed by atoms with van der Waals surface area (Å²) < 4.78 is 0. The Balaban J connectivity index is 0.00000144. The van der Waals surface area contributed by atoms with Crippen molar-refractivity contribution in [2.24, 2.45) is 0 Å². The maximum absolute atomic E-state index is 11.7. The molecule has 1 aromatic carbocycles. The molecule has 0 saturated carbocycles. The van der Waals surface area contributed by atoms with Gasteiger partial charge in [0.15, 0.2) is 0 Å². The molecular formula is C12H16Cl2N2O. The molecule has 0 aliphatic carbocycles. The van der Waals surface area contributed by atoms with Crippen molar-refractivity contribution in [2.45, 2.75) is 18.9 Å². The molecule has 94 valence electrons. The predicted octanol–water partition coefficient (Wildman–Crippen LogP) is 2.24. The highest BCUT2D eigenvalue weighted by molar-refractivity contribution is 6.30. The lowest BCUT2D eigenvalue weighted by Gasteiger charge is -2.11. The van der Waals surface area contributed by atoms with Crippen LogP contribution in [0.4, 0.5) is 0 Å². The van der Waals surface area contributed by atoms with Crippen LogP contribution in [0.2, 0.25) is 5.02 Å². The van der Waals surface area contributed by atoms with Gasteiger partial charge in [-0.3, -0.25) is 4.79 Å². The first kappa shape index (κ1) is 14.3. The smallest absolute Gasteiger partial charge is 0.251 e. The lowest BCUT2D eigenvalue weighted by molar-refractivity contribution is 0.0950. The molecule has 0 aromatic heterocycles. The molecule has 0 unspecified atom stereocenters. The fraction of sp³-hybridized carbons (Fsp3) is 0.417. The highest BCUT2D eigenvalue weighted by atomic mass is 35.5. The SMILES string of the molecule is Cl.O=C(NC[C@H]1CCCN1)c1ccc(Cl)cc1. The molecule has 1 aromatic rings. The Bertz CT molecular complexity index is 361. The molecule has 2 rings (SSSR count). The Morgan fingerprint density at radius 2 is 2.12 bits per heavy atom. The third-order valence-electron chi connectivity index (χ3n) is 2.78. The molecule has 1 saturated heterocycles. The van der Waals surface area contributed by atoms with Gasteiger partial charge >= 0.3 is 0 Å². The summed E-state index contributed by atoms with van der Waals surface area (Å²) in [5.41, 5.74) is 0.655. The Morgan fingerprint density at radius 1 is 1.41 bits per heavy atom. The Labute approximate surface area is 112 Å². The van der Waals surface area contributed by atoms with Crippen LogP contribution in [-0.2, 0) is 0 Å². The van der Waals surface area contributed by atoms with Crippen LogP contribution < -0.4 is 10.6 Å². The minimum absolute atomic E-state index is 0. The lowest BCUT2D eigenvalue weighted by atomic mass is 10.2. The number of rotatable bonds is 3. The standard InChI is InChI=1S/C12H15ClN2O.ClH/c13-10-5-3-9(4-6-10)12(16)15-8-11-2-1-7-14-11;/h3-6,11,14H,1-2,7-8H2,(H,15,16);1H/t11-;/m1./s1. The Morgan fingerprint density at radius 3 is 2.71 bits per heavy atom. The normalized spacial score (nSPS) is 18.5. The molecule has 5 heteroatoms. The molecule has 1 aliphatic rings. The zero-order valence-electron chi connectivity index (χ0n) is 9.41. The van der Waals surface area contributed by atoms with Crippen molar-refractivity contribution in [1.82, 2.24) is 10.6 Å². The first-order chi connectivity index (χ1) is 7.75. The second-order valence-electron chi connectivity index (χ2n) is 4.01. The molecule has 0 bridgehead atoms. The number of carbonyl (C=O) groups is 1. The molecule has 0 radical (unpaired) electrons. The molecule has 3 nitrogen and oxygen atoms in total. The summed E-state index contributed by atoms with van der Waals surface area (Å²) in [6.07, 6.45) is 2.34. The van der Waals surface area contributed by atoms with Gasteiger partial charge in [-0.2, -0.15) is 0 Å². The summed E-state index contributed by atoms with van der Waals surface area (Å²) in [4.78, 5) is 11.7. The highest BCUT2D eigenvalue weighted by Gasteiger charge is 2.14. The van der Waals surface area contributed by atoms with Gasteiger partial charge in [-0.1, -0.05) is 11.6 Å². The van der Waals surface area contributed by atoms with Gasteiger partial charge in [-0.15, -0.1) is 12.4 Å². The van der Waals surface area contributed by atoms with E-state index in [0.717, 1.165) is 13.0 Å². The summed E-state index contributed by atoms with van der Waals surface area (Å²) in [5.74, 6) is -0.0367. The molecule has 1 fully saturated rings. The zero-order valence-corrected chi connectivity index (χ0v) is 11.0. The third-order valence-corrected chi connectivity index (χ3v) is 3.03. The molecule has 1 aliphatic heterocycles. The van der Waals surface area contributed by atoms with E-state index in [0.29, 0.717) is 23.2 Å². The number of benzene rings is 1. The van der Waals surface area contributed by atoms with E-state index < -0.39 is 0 Å². The van der Waals surface area contributed by atoms with E-state index in [1.165, 1.54) is 6.42 Å². The first-order valence-corrected chi connectivity index (χ1v) is 5.90. The number of hydrogen-bond donors (Lipinski definition) is 2. The quantitative estimate of drug-likeness (QED) is 0.888. The summed E-state index contributed by atoms with van der Waals surface area (Å²) in [7, 11) is 0. The first-order valence-electron chi connectivity index (χ1n) is 5.53. The van der Waals surface area contributed by atoms with Gasteiger partial charge in [0.25, 0.3) is 5.91 Å². The van der Waals surface area contributed by atoms with Crippen LogP contribution in [0.15, 0.2) is 24.3 Å². The van der Waals surface area contributed by atoms with Crippen LogP contribution in [0.1, 0.15) is 23.2 Å². The zero-order chi connectivity index (χ0) is 11.4. The number of carbonyl (C=O) groups excluding carboxylic acids is 1. The lowest BCUT2D eigenvalue weighted by Crippen LogP contribution is -2.37. The van der Waals surface area contributed by atoms with E-state index in [1.54, 1.807) is 24.3 Å². The fourth-order valence-corrected chi connectivity index (χ4v) is 1.98. The van der Waals surface area contributed by atoms with Crippen molar-refractivity contribution in [3.8, 4) is 0 Å². The molecule has 1 heterocycles. The Kier molecular flexibility index (Phi) is 5.75. The molecular weight excluding hydrogens is 259 g/mol. The van der Waals surface area contributed by atoms with Gasteiger partial charge in [-0.05, 0) is 43.7 Å². The maximum atomic E-state index is 11.7. The average Bonchev–Trinajstić information content (AvgIpc) is 2.80. The number of amides is 1. The summed E-state index contributed by atoms with van der Waals surface area (Å²) in [6, 6.07) is 7.35. The fourth-order valence-electron chi connectivity index (χ4n) is 1.85.